The van der Waals surface area contributed by atoms with Crippen LogP contribution in [0.4, 0.5) is 0 Å². The Hall–Kier alpha value is -1.99. The largest absolute Gasteiger partial charge is 0.508 e. The van der Waals surface area contributed by atoms with Gasteiger partial charge in [-0.15, -0.1) is 0 Å². The monoisotopic (exact) mass is 279 g/mol. The van der Waals surface area contributed by atoms with Crippen molar-refractivity contribution >= 4 is 10.0 Å². The second kappa shape index (κ2) is 5.33. The average Bonchev–Trinajstić information content (AvgIpc) is 2.37. The fraction of sp³-hybridized carbons (Fsp3) is 0.167. The van der Waals surface area contributed by atoms with Crippen molar-refractivity contribution in [1.82, 2.24) is 14.7 Å². The van der Waals surface area contributed by atoms with Gasteiger partial charge in [0.15, 0.2) is 0 Å². The van der Waals surface area contributed by atoms with Crippen LogP contribution < -0.4 is 4.72 Å². The molecule has 100 valence electrons. The summed E-state index contributed by atoms with van der Waals surface area (Å²) in [6.45, 7) is 1.80. The Morgan fingerprint density at radius 2 is 2.11 bits per heavy atom. The molecule has 0 amide bonds. The van der Waals surface area contributed by atoms with Crippen molar-refractivity contribution in [2.24, 2.45) is 0 Å². The first-order chi connectivity index (χ1) is 8.97. The van der Waals surface area contributed by atoms with Gasteiger partial charge < -0.3 is 5.11 Å². The molecule has 0 saturated heterocycles. The molecule has 0 atom stereocenters. The Bertz CT molecular complexity index is 686. The van der Waals surface area contributed by atoms with Crippen molar-refractivity contribution in [3.8, 4) is 5.75 Å². The van der Waals surface area contributed by atoms with E-state index >= 15 is 0 Å². The summed E-state index contributed by atoms with van der Waals surface area (Å²) >= 11 is 0. The van der Waals surface area contributed by atoms with Gasteiger partial charge in [0.2, 0.25) is 10.0 Å². The van der Waals surface area contributed by atoms with Crippen molar-refractivity contribution in [1.29, 1.82) is 0 Å². The fourth-order valence-electron chi connectivity index (χ4n) is 1.51. The molecule has 0 radical (unpaired) electrons. The van der Waals surface area contributed by atoms with Crippen molar-refractivity contribution in [2.45, 2.75) is 18.4 Å². The van der Waals surface area contributed by atoms with Crippen LogP contribution in [0.3, 0.4) is 0 Å². The number of hydrogen-bond donors (Lipinski definition) is 2. The third-order valence-corrected chi connectivity index (χ3v) is 3.80. The van der Waals surface area contributed by atoms with Gasteiger partial charge >= 0.3 is 0 Å². The predicted molar refractivity (Wildman–Crippen MR) is 68.9 cm³/mol. The first-order valence-corrected chi connectivity index (χ1v) is 7.03. The summed E-state index contributed by atoms with van der Waals surface area (Å²) in [5, 5.41) is 9.29. The standard InChI is InChI=1S/C12H13N3O3S/c1-9-13-6-5-10(15-9)8-14-19(17,18)12-4-2-3-11(16)7-12/h2-7,14,16H,8H2,1H3. The van der Waals surface area contributed by atoms with Crippen LogP contribution in [0.25, 0.3) is 0 Å². The molecule has 2 rings (SSSR count). The minimum atomic E-state index is -3.66. The predicted octanol–water partition coefficient (Wildman–Crippen LogP) is 0.969. The molecule has 7 heteroatoms. The smallest absolute Gasteiger partial charge is 0.241 e. The highest BCUT2D eigenvalue weighted by molar-refractivity contribution is 7.89. The Labute approximate surface area is 111 Å². The minimum Gasteiger partial charge on any atom is -0.508 e. The van der Waals surface area contributed by atoms with Crippen LogP contribution in [0, 0.1) is 6.92 Å². The van der Waals surface area contributed by atoms with E-state index in [1.165, 1.54) is 24.3 Å². The van der Waals surface area contributed by atoms with E-state index in [1.54, 1.807) is 19.2 Å². The normalized spacial score (nSPS) is 11.4. The van der Waals surface area contributed by atoms with Crippen molar-refractivity contribution in [3.05, 3.63) is 48.0 Å². The van der Waals surface area contributed by atoms with Gasteiger partial charge in [-0.1, -0.05) is 6.07 Å². The van der Waals surface area contributed by atoms with Gasteiger partial charge in [0, 0.05) is 6.20 Å². The van der Waals surface area contributed by atoms with E-state index in [0.717, 1.165) is 0 Å². The topological polar surface area (TPSA) is 92.2 Å². The number of sulfonamides is 1. The number of phenolic OH excluding ortho intramolecular Hbond substituents is 1. The van der Waals surface area contributed by atoms with Gasteiger partial charge in [0.05, 0.1) is 17.1 Å². The maximum absolute atomic E-state index is 12.0. The molecule has 1 aromatic heterocycles. The molecule has 0 unspecified atom stereocenters. The molecule has 0 aliphatic heterocycles. The molecule has 1 heterocycles. The number of rotatable bonds is 4. The molecule has 2 N–H and O–H groups in total. The third kappa shape index (κ3) is 3.49. The van der Waals surface area contributed by atoms with Crippen LogP contribution in [-0.4, -0.2) is 23.5 Å². The van der Waals surface area contributed by atoms with Crippen molar-refractivity contribution in [3.63, 3.8) is 0 Å². The molecule has 2 aromatic rings. The van der Waals surface area contributed by atoms with E-state index in [2.05, 4.69) is 14.7 Å². The Kier molecular flexibility index (Phi) is 3.77. The number of aromatic nitrogens is 2. The van der Waals surface area contributed by atoms with Crippen molar-refractivity contribution in [2.75, 3.05) is 0 Å². The highest BCUT2D eigenvalue weighted by Gasteiger charge is 2.14. The second-order valence-corrected chi connectivity index (χ2v) is 5.68. The average molecular weight is 279 g/mol. The number of hydrogen-bond acceptors (Lipinski definition) is 5. The summed E-state index contributed by atoms with van der Waals surface area (Å²) in [7, 11) is -3.66. The van der Waals surface area contributed by atoms with Gasteiger partial charge in [-0.05, 0) is 31.2 Å². The maximum atomic E-state index is 12.0. The first-order valence-electron chi connectivity index (χ1n) is 5.54. The molecule has 0 bridgehead atoms. The molecule has 0 spiro atoms. The number of phenols is 1. The van der Waals surface area contributed by atoms with Crippen LogP contribution in [0.2, 0.25) is 0 Å². The van der Waals surface area contributed by atoms with Crippen LogP contribution in [0.1, 0.15) is 11.5 Å². The molecule has 19 heavy (non-hydrogen) atoms. The fourth-order valence-corrected chi connectivity index (χ4v) is 2.54. The van der Waals surface area contributed by atoms with Gasteiger partial charge in [0.25, 0.3) is 0 Å². The lowest BCUT2D eigenvalue weighted by atomic mass is 10.3. The Morgan fingerprint density at radius 1 is 1.32 bits per heavy atom. The molecular formula is C12H13N3O3S. The van der Waals surface area contributed by atoms with E-state index in [9.17, 15) is 13.5 Å². The Balaban J connectivity index is 2.14. The molecule has 0 aliphatic rings. The van der Waals surface area contributed by atoms with Crippen LogP contribution in [-0.2, 0) is 16.6 Å². The lowest BCUT2D eigenvalue weighted by Crippen LogP contribution is -2.23. The minimum absolute atomic E-state index is 0.0123. The SMILES string of the molecule is Cc1nccc(CNS(=O)(=O)c2cccc(O)c2)n1. The summed E-state index contributed by atoms with van der Waals surface area (Å²) in [5.41, 5.74) is 0.580. The summed E-state index contributed by atoms with van der Waals surface area (Å²) < 4.78 is 26.4. The van der Waals surface area contributed by atoms with Crippen molar-refractivity contribution < 1.29 is 13.5 Å². The number of benzene rings is 1. The highest BCUT2D eigenvalue weighted by Crippen LogP contribution is 2.15. The van der Waals surface area contributed by atoms with Gasteiger partial charge in [-0.25, -0.2) is 23.1 Å². The molecule has 6 nitrogen and oxygen atoms in total. The zero-order chi connectivity index (χ0) is 13.9. The van der Waals surface area contributed by atoms with E-state index < -0.39 is 10.0 Å². The van der Waals surface area contributed by atoms with Crippen LogP contribution >= 0.6 is 0 Å². The first kappa shape index (κ1) is 13.4. The van der Waals surface area contributed by atoms with Gasteiger partial charge in [-0.2, -0.15) is 0 Å². The maximum Gasteiger partial charge on any atom is 0.241 e. The van der Waals surface area contributed by atoms with E-state index in [4.69, 9.17) is 0 Å². The molecule has 1 aromatic carbocycles. The van der Waals surface area contributed by atoms with E-state index in [1.807, 2.05) is 0 Å². The quantitative estimate of drug-likeness (QED) is 0.870. The number of nitrogens with zero attached hydrogens (tertiary/aromatic N) is 2. The summed E-state index contributed by atoms with van der Waals surface area (Å²) in [4.78, 5) is 8.04. The number of nitrogens with one attached hydrogen (secondary N) is 1. The second-order valence-electron chi connectivity index (χ2n) is 3.92. The highest BCUT2D eigenvalue weighted by atomic mass is 32.2. The lowest BCUT2D eigenvalue weighted by Gasteiger charge is -2.07. The molecule has 0 saturated carbocycles. The van der Waals surface area contributed by atoms with Crippen LogP contribution in [0.15, 0.2) is 41.4 Å². The van der Waals surface area contributed by atoms with Gasteiger partial charge in [0.1, 0.15) is 11.6 Å². The lowest BCUT2D eigenvalue weighted by molar-refractivity contribution is 0.473. The molecular weight excluding hydrogens is 266 g/mol. The van der Waals surface area contributed by atoms with E-state index in [0.29, 0.717) is 11.5 Å². The zero-order valence-corrected chi connectivity index (χ0v) is 11.1. The number of aromatic hydroxyl groups is 1. The number of aryl methyl sites for hydroxylation is 1. The summed E-state index contributed by atoms with van der Waals surface area (Å²) in [6, 6.07) is 7.12. The zero-order valence-electron chi connectivity index (χ0n) is 10.2. The third-order valence-electron chi connectivity index (χ3n) is 2.40. The molecule has 0 aliphatic carbocycles. The summed E-state index contributed by atoms with van der Waals surface area (Å²) in [5.74, 6) is 0.481. The van der Waals surface area contributed by atoms with E-state index in [-0.39, 0.29) is 17.2 Å². The Morgan fingerprint density at radius 3 is 2.79 bits per heavy atom. The van der Waals surface area contributed by atoms with Gasteiger partial charge in [-0.3, -0.25) is 0 Å². The van der Waals surface area contributed by atoms with Crippen LogP contribution in [0.5, 0.6) is 5.75 Å². The summed E-state index contributed by atoms with van der Waals surface area (Å²) in [6.07, 6.45) is 1.57. The molecule has 0 fully saturated rings.